The molecule has 120 valence electrons. The summed E-state index contributed by atoms with van der Waals surface area (Å²) < 4.78 is 5.24. The number of amides is 2. The summed E-state index contributed by atoms with van der Waals surface area (Å²) in [5.41, 5.74) is -0.870. The van der Waals surface area contributed by atoms with Crippen LogP contribution in [0.5, 0.6) is 0 Å². The lowest BCUT2D eigenvalue weighted by Crippen LogP contribution is -2.49. The third-order valence-electron chi connectivity index (χ3n) is 4.94. The van der Waals surface area contributed by atoms with E-state index < -0.39 is 11.4 Å². The van der Waals surface area contributed by atoms with Gasteiger partial charge in [0.25, 0.3) is 0 Å². The van der Waals surface area contributed by atoms with Gasteiger partial charge in [0.05, 0.1) is 5.41 Å². The van der Waals surface area contributed by atoms with E-state index in [2.05, 4.69) is 19.2 Å². The number of nitrogens with zero attached hydrogens (tertiary/aromatic N) is 1. The summed E-state index contributed by atoms with van der Waals surface area (Å²) in [6, 6.07) is -0.134. The molecule has 0 aromatic heterocycles. The van der Waals surface area contributed by atoms with E-state index in [1.54, 1.807) is 4.90 Å². The summed E-state index contributed by atoms with van der Waals surface area (Å²) in [4.78, 5) is 25.5. The van der Waals surface area contributed by atoms with Crippen LogP contribution < -0.4 is 5.32 Å². The highest BCUT2D eigenvalue weighted by molar-refractivity contribution is 5.78. The maximum Gasteiger partial charge on any atom is 0.317 e. The van der Waals surface area contributed by atoms with Crippen LogP contribution in [-0.2, 0) is 9.53 Å². The normalized spacial score (nSPS) is 25.1. The molecule has 1 atom stereocenters. The molecule has 0 saturated carbocycles. The van der Waals surface area contributed by atoms with Gasteiger partial charge < -0.3 is 20.1 Å². The number of carbonyl (C=O) groups excluding carboxylic acids is 1. The van der Waals surface area contributed by atoms with Crippen molar-refractivity contribution in [1.29, 1.82) is 0 Å². The molecular formula is C15H26N2O4. The van der Waals surface area contributed by atoms with Gasteiger partial charge in [0, 0.05) is 32.8 Å². The van der Waals surface area contributed by atoms with Gasteiger partial charge in [-0.15, -0.1) is 0 Å². The third-order valence-corrected chi connectivity index (χ3v) is 4.94. The van der Waals surface area contributed by atoms with Gasteiger partial charge in [-0.2, -0.15) is 0 Å². The molecule has 0 aliphatic carbocycles. The first-order chi connectivity index (χ1) is 9.94. The Morgan fingerprint density at radius 1 is 1.38 bits per heavy atom. The number of aliphatic carboxylic acids is 1. The summed E-state index contributed by atoms with van der Waals surface area (Å²) in [5.74, 6) is 0.281. The van der Waals surface area contributed by atoms with Gasteiger partial charge in [-0.25, -0.2) is 4.79 Å². The second-order valence-corrected chi connectivity index (χ2v) is 6.60. The molecule has 2 fully saturated rings. The first-order valence-electron chi connectivity index (χ1n) is 7.78. The minimum absolute atomic E-state index is 0.134. The lowest BCUT2D eigenvalue weighted by atomic mass is 9.80. The fourth-order valence-corrected chi connectivity index (χ4v) is 3.10. The molecule has 2 heterocycles. The van der Waals surface area contributed by atoms with E-state index in [-0.39, 0.29) is 12.6 Å². The van der Waals surface area contributed by atoms with Crippen molar-refractivity contribution in [2.24, 2.45) is 17.3 Å². The molecule has 6 nitrogen and oxygen atoms in total. The molecule has 2 aliphatic heterocycles. The second-order valence-electron chi connectivity index (χ2n) is 6.60. The quantitative estimate of drug-likeness (QED) is 0.825. The molecule has 0 aromatic rings. The lowest BCUT2D eigenvalue weighted by Gasteiger charge is -2.33. The number of likely N-dealkylation sites (tertiary alicyclic amines) is 1. The maximum atomic E-state index is 12.2. The maximum absolute atomic E-state index is 12.2. The van der Waals surface area contributed by atoms with Gasteiger partial charge in [-0.3, -0.25) is 4.79 Å². The molecule has 0 spiro atoms. The number of rotatable bonds is 4. The van der Waals surface area contributed by atoms with Crippen molar-refractivity contribution in [3.63, 3.8) is 0 Å². The van der Waals surface area contributed by atoms with Crippen LogP contribution in [0.2, 0.25) is 0 Å². The van der Waals surface area contributed by atoms with Gasteiger partial charge in [-0.1, -0.05) is 13.8 Å². The Morgan fingerprint density at radius 2 is 2.05 bits per heavy atom. The van der Waals surface area contributed by atoms with Crippen molar-refractivity contribution in [2.75, 3.05) is 32.8 Å². The number of urea groups is 1. The highest BCUT2D eigenvalue weighted by Crippen LogP contribution is 2.30. The van der Waals surface area contributed by atoms with Crippen molar-refractivity contribution in [3.8, 4) is 0 Å². The zero-order valence-electron chi connectivity index (χ0n) is 12.9. The van der Waals surface area contributed by atoms with E-state index in [0.717, 1.165) is 19.5 Å². The molecule has 21 heavy (non-hydrogen) atoms. The standard InChI is InChI=1S/C15H26N2O4/c1-11(2)12-3-6-17(9-12)14(20)16-10-15(13(18)19)4-7-21-8-5-15/h11-12H,3-10H2,1-2H3,(H,16,20)(H,18,19). The van der Waals surface area contributed by atoms with E-state index in [1.165, 1.54) is 0 Å². The van der Waals surface area contributed by atoms with Crippen LogP contribution >= 0.6 is 0 Å². The highest BCUT2D eigenvalue weighted by atomic mass is 16.5. The average molecular weight is 298 g/mol. The third kappa shape index (κ3) is 3.67. The molecule has 6 heteroatoms. The number of carboxylic acids is 1. The van der Waals surface area contributed by atoms with Crippen LogP contribution in [0, 0.1) is 17.3 Å². The fraction of sp³-hybridized carbons (Fsp3) is 0.867. The van der Waals surface area contributed by atoms with Crippen LogP contribution in [0.25, 0.3) is 0 Å². The summed E-state index contributed by atoms with van der Waals surface area (Å²) in [5, 5.41) is 12.3. The molecule has 0 aromatic carbocycles. The zero-order valence-corrected chi connectivity index (χ0v) is 12.9. The Hall–Kier alpha value is -1.30. The van der Waals surface area contributed by atoms with E-state index in [4.69, 9.17) is 4.74 Å². The van der Waals surface area contributed by atoms with E-state index in [0.29, 0.717) is 37.9 Å². The number of carbonyl (C=O) groups is 2. The van der Waals surface area contributed by atoms with E-state index in [9.17, 15) is 14.7 Å². The molecule has 0 radical (unpaired) electrons. The van der Waals surface area contributed by atoms with Crippen molar-refractivity contribution in [3.05, 3.63) is 0 Å². The van der Waals surface area contributed by atoms with E-state index in [1.807, 2.05) is 0 Å². The Kier molecular flexibility index (Phi) is 5.08. The topological polar surface area (TPSA) is 78.9 Å². The molecule has 1 unspecified atom stereocenters. The van der Waals surface area contributed by atoms with Crippen LogP contribution in [0.3, 0.4) is 0 Å². The number of ether oxygens (including phenoxy) is 1. The number of hydrogen-bond acceptors (Lipinski definition) is 3. The summed E-state index contributed by atoms with van der Waals surface area (Å²) in [6.45, 7) is 6.96. The summed E-state index contributed by atoms with van der Waals surface area (Å²) >= 11 is 0. The van der Waals surface area contributed by atoms with E-state index >= 15 is 0 Å². The van der Waals surface area contributed by atoms with Crippen LogP contribution in [0.1, 0.15) is 33.1 Å². The zero-order chi connectivity index (χ0) is 15.5. The van der Waals surface area contributed by atoms with Crippen molar-refractivity contribution < 1.29 is 19.4 Å². The summed E-state index contributed by atoms with van der Waals surface area (Å²) in [6.07, 6.45) is 1.94. The van der Waals surface area contributed by atoms with Crippen molar-refractivity contribution in [1.82, 2.24) is 10.2 Å². The lowest BCUT2D eigenvalue weighted by molar-refractivity contribution is -0.154. The van der Waals surface area contributed by atoms with Crippen molar-refractivity contribution in [2.45, 2.75) is 33.1 Å². The molecule has 2 aliphatic rings. The highest BCUT2D eigenvalue weighted by Gasteiger charge is 2.41. The minimum Gasteiger partial charge on any atom is -0.481 e. The largest absolute Gasteiger partial charge is 0.481 e. The van der Waals surface area contributed by atoms with Gasteiger partial charge >= 0.3 is 12.0 Å². The SMILES string of the molecule is CC(C)C1CCN(C(=O)NCC2(C(=O)O)CCOCC2)C1. The molecule has 2 amide bonds. The first-order valence-corrected chi connectivity index (χ1v) is 7.78. The summed E-state index contributed by atoms with van der Waals surface area (Å²) in [7, 11) is 0. The Bertz CT molecular complexity index is 391. The van der Waals surface area contributed by atoms with Gasteiger partial charge in [0.15, 0.2) is 0 Å². The monoisotopic (exact) mass is 298 g/mol. The smallest absolute Gasteiger partial charge is 0.317 e. The molecule has 2 N–H and O–H groups in total. The molecule has 2 rings (SSSR count). The van der Waals surface area contributed by atoms with Crippen LogP contribution in [0.15, 0.2) is 0 Å². The number of hydrogen-bond donors (Lipinski definition) is 2. The molecule has 2 saturated heterocycles. The van der Waals surface area contributed by atoms with Crippen LogP contribution in [-0.4, -0.2) is 54.9 Å². The fourth-order valence-electron chi connectivity index (χ4n) is 3.10. The van der Waals surface area contributed by atoms with Crippen LogP contribution in [0.4, 0.5) is 4.79 Å². The molecular weight excluding hydrogens is 272 g/mol. The van der Waals surface area contributed by atoms with Crippen molar-refractivity contribution >= 4 is 12.0 Å². The minimum atomic E-state index is -0.870. The molecule has 0 bridgehead atoms. The predicted molar refractivity (Wildman–Crippen MR) is 78.0 cm³/mol. The van der Waals surface area contributed by atoms with Gasteiger partial charge in [0.2, 0.25) is 0 Å². The Labute approximate surface area is 125 Å². The second kappa shape index (κ2) is 6.64. The number of nitrogens with one attached hydrogen (secondary N) is 1. The van der Waals surface area contributed by atoms with Gasteiger partial charge in [0.1, 0.15) is 0 Å². The Balaban J connectivity index is 1.86. The number of carboxylic acid groups (broad SMARTS) is 1. The average Bonchev–Trinajstić information content (AvgIpc) is 2.95. The Morgan fingerprint density at radius 3 is 2.57 bits per heavy atom. The predicted octanol–water partition coefficient (Wildman–Crippen LogP) is 1.56. The van der Waals surface area contributed by atoms with Gasteiger partial charge in [-0.05, 0) is 31.1 Å². The first kappa shape index (κ1) is 16.1.